The Kier molecular flexibility index (Phi) is 3.73. The van der Waals surface area contributed by atoms with Gasteiger partial charge >= 0.3 is 0 Å². The van der Waals surface area contributed by atoms with Crippen LogP contribution in [0, 0.1) is 0 Å². The number of nitrogens with zero attached hydrogens (tertiary/aromatic N) is 4. The van der Waals surface area contributed by atoms with E-state index in [4.69, 9.17) is 0 Å². The predicted molar refractivity (Wildman–Crippen MR) is 82.3 cm³/mol. The number of anilines is 1. The average Bonchev–Trinajstić information content (AvgIpc) is 2.97. The van der Waals surface area contributed by atoms with E-state index in [1.54, 1.807) is 23.9 Å². The van der Waals surface area contributed by atoms with Gasteiger partial charge in [-0.2, -0.15) is 0 Å². The van der Waals surface area contributed by atoms with Gasteiger partial charge in [0.15, 0.2) is 5.16 Å². The van der Waals surface area contributed by atoms with Gasteiger partial charge in [0.25, 0.3) is 0 Å². The number of phenols is 1. The van der Waals surface area contributed by atoms with Crippen molar-refractivity contribution in [1.29, 1.82) is 0 Å². The van der Waals surface area contributed by atoms with Gasteiger partial charge in [-0.05, 0) is 30.5 Å². The molecule has 5 nitrogen and oxygen atoms in total. The van der Waals surface area contributed by atoms with Crippen LogP contribution in [0.5, 0.6) is 5.75 Å². The molecule has 0 atom stereocenters. The third kappa shape index (κ3) is 2.56. The number of piperazine rings is 1. The van der Waals surface area contributed by atoms with E-state index in [9.17, 15) is 5.11 Å². The van der Waals surface area contributed by atoms with Crippen molar-refractivity contribution in [1.82, 2.24) is 9.66 Å². The molecule has 2 heterocycles. The molecule has 1 saturated heterocycles. The molecule has 1 fully saturated rings. The van der Waals surface area contributed by atoms with Crippen LogP contribution in [0.2, 0.25) is 0 Å². The molecule has 106 valence electrons. The quantitative estimate of drug-likeness (QED) is 0.873. The van der Waals surface area contributed by atoms with Gasteiger partial charge in [0.05, 0.1) is 13.1 Å². The highest BCUT2D eigenvalue weighted by molar-refractivity contribution is 7.98. The Morgan fingerprint density at radius 2 is 1.80 bits per heavy atom. The summed E-state index contributed by atoms with van der Waals surface area (Å²) in [4.78, 5) is 6.68. The zero-order chi connectivity index (χ0) is 13.9. The molecule has 0 bridgehead atoms. The first-order valence-corrected chi connectivity index (χ1v) is 7.87. The molecule has 0 aliphatic carbocycles. The van der Waals surface area contributed by atoms with E-state index in [-0.39, 0.29) is 0 Å². The van der Waals surface area contributed by atoms with Crippen molar-refractivity contribution in [3.8, 4) is 5.75 Å². The smallest absolute Gasteiger partial charge is 0.186 e. The lowest BCUT2D eigenvalue weighted by atomic mass is 10.2. The average molecular weight is 290 g/mol. The molecule has 0 spiro atoms. The number of aromatic nitrogens is 2. The molecule has 1 N–H and O–H groups in total. The number of rotatable bonds is 3. The van der Waals surface area contributed by atoms with Crippen LogP contribution in [0.25, 0.3) is 0 Å². The van der Waals surface area contributed by atoms with E-state index in [1.165, 1.54) is 0 Å². The van der Waals surface area contributed by atoms with Gasteiger partial charge in [0.2, 0.25) is 0 Å². The Hall–Kier alpha value is -1.82. The monoisotopic (exact) mass is 290 g/mol. The van der Waals surface area contributed by atoms with Gasteiger partial charge in [-0.25, -0.2) is 9.66 Å². The number of hydrogen-bond acceptors (Lipinski definition) is 5. The van der Waals surface area contributed by atoms with Crippen LogP contribution in [-0.4, -0.2) is 47.2 Å². The van der Waals surface area contributed by atoms with Crippen LogP contribution in [0.15, 0.2) is 41.8 Å². The van der Waals surface area contributed by atoms with E-state index >= 15 is 0 Å². The highest BCUT2D eigenvalue weighted by Gasteiger charge is 2.18. The van der Waals surface area contributed by atoms with Crippen LogP contribution in [0.1, 0.15) is 0 Å². The summed E-state index contributed by atoms with van der Waals surface area (Å²) in [5, 5.41) is 12.7. The first kappa shape index (κ1) is 13.2. The molecule has 1 aliphatic heterocycles. The maximum Gasteiger partial charge on any atom is 0.186 e. The van der Waals surface area contributed by atoms with Gasteiger partial charge in [0, 0.05) is 31.2 Å². The third-order valence-electron chi connectivity index (χ3n) is 3.55. The maximum absolute atomic E-state index is 9.34. The summed E-state index contributed by atoms with van der Waals surface area (Å²) in [5.41, 5.74) is 1.16. The van der Waals surface area contributed by atoms with Crippen LogP contribution < -0.4 is 9.91 Å². The molecule has 0 saturated carbocycles. The Morgan fingerprint density at radius 1 is 1.10 bits per heavy atom. The Bertz CT molecular complexity index is 561. The van der Waals surface area contributed by atoms with Crippen molar-refractivity contribution >= 4 is 17.4 Å². The molecule has 20 heavy (non-hydrogen) atoms. The molecule has 1 aromatic carbocycles. The molecule has 6 heteroatoms. The second-order valence-corrected chi connectivity index (χ2v) is 5.49. The molecule has 0 radical (unpaired) electrons. The van der Waals surface area contributed by atoms with Crippen molar-refractivity contribution in [3.05, 3.63) is 36.7 Å². The fraction of sp³-hybridized carbons (Fsp3) is 0.357. The topological polar surface area (TPSA) is 44.5 Å². The largest absolute Gasteiger partial charge is 0.508 e. The van der Waals surface area contributed by atoms with E-state index in [1.807, 2.05) is 30.8 Å². The summed E-state index contributed by atoms with van der Waals surface area (Å²) in [5.74, 6) is 0.315. The van der Waals surface area contributed by atoms with Gasteiger partial charge in [-0.3, -0.25) is 0 Å². The van der Waals surface area contributed by atoms with Crippen LogP contribution >= 0.6 is 11.8 Å². The lowest BCUT2D eigenvalue weighted by molar-refractivity contribution is 0.474. The van der Waals surface area contributed by atoms with Gasteiger partial charge in [0.1, 0.15) is 5.75 Å². The molecule has 2 aromatic rings. The standard InChI is InChI=1S/C14H18N4OS/c1-20-14-15-6-7-18(14)17-10-8-16(9-11-17)12-2-4-13(19)5-3-12/h2-7,19H,8-11H2,1H3. The normalized spacial score (nSPS) is 15.7. The second-order valence-electron chi connectivity index (χ2n) is 4.72. The van der Waals surface area contributed by atoms with Crippen molar-refractivity contribution in [2.75, 3.05) is 42.3 Å². The number of hydrogen-bond donors (Lipinski definition) is 1. The van der Waals surface area contributed by atoms with Gasteiger partial charge < -0.3 is 15.0 Å². The first-order valence-electron chi connectivity index (χ1n) is 6.64. The summed E-state index contributed by atoms with van der Waals surface area (Å²) in [6.07, 6.45) is 5.91. The Morgan fingerprint density at radius 3 is 2.45 bits per heavy atom. The first-order chi connectivity index (χ1) is 9.78. The van der Waals surface area contributed by atoms with Crippen LogP contribution in [0.3, 0.4) is 0 Å². The highest BCUT2D eigenvalue weighted by atomic mass is 32.2. The zero-order valence-corrected chi connectivity index (χ0v) is 12.3. The molecule has 1 aromatic heterocycles. The SMILES string of the molecule is CSc1nccn1N1CCN(c2ccc(O)cc2)CC1. The Balaban J connectivity index is 1.66. The van der Waals surface area contributed by atoms with E-state index in [2.05, 4.69) is 19.6 Å². The number of thioether (sulfide) groups is 1. The van der Waals surface area contributed by atoms with E-state index < -0.39 is 0 Å². The molecule has 0 unspecified atom stereocenters. The third-order valence-corrected chi connectivity index (χ3v) is 4.20. The Labute approximate surface area is 122 Å². The van der Waals surface area contributed by atoms with E-state index in [0.29, 0.717) is 5.75 Å². The summed E-state index contributed by atoms with van der Waals surface area (Å²) < 4.78 is 2.14. The molecular weight excluding hydrogens is 272 g/mol. The molecule has 0 amide bonds. The highest BCUT2D eigenvalue weighted by Crippen LogP contribution is 2.20. The molecule has 1 aliphatic rings. The summed E-state index contributed by atoms with van der Waals surface area (Å²) >= 11 is 1.66. The minimum absolute atomic E-state index is 0.315. The summed E-state index contributed by atoms with van der Waals surface area (Å²) in [7, 11) is 0. The summed E-state index contributed by atoms with van der Waals surface area (Å²) in [6.45, 7) is 3.86. The van der Waals surface area contributed by atoms with Crippen molar-refractivity contribution in [2.45, 2.75) is 5.16 Å². The zero-order valence-electron chi connectivity index (χ0n) is 11.4. The van der Waals surface area contributed by atoms with Gasteiger partial charge in [-0.15, -0.1) is 0 Å². The second kappa shape index (κ2) is 5.66. The number of aromatic hydroxyl groups is 1. The number of benzene rings is 1. The molecule has 3 rings (SSSR count). The minimum atomic E-state index is 0.315. The fourth-order valence-electron chi connectivity index (χ4n) is 2.48. The number of phenolic OH excluding ortho intramolecular Hbond substituents is 1. The van der Waals surface area contributed by atoms with Crippen LogP contribution in [0.4, 0.5) is 5.69 Å². The fourth-order valence-corrected chi connectivity index (χ4v) is 3.01. The maximum atomic E-state index is 9.34. The van der Waals surface area contributed by atoms with Crippen molar-refractivity contribution in [2.24, 2.45) is 0 Å². The lowest BCUT2D eigenvalue weighted by Crippen LogP contribution is -2.51. The lowest BCUT2D eigenvalue weighted by Gasteiger charge is -2.38. The van der Waals surface area contributed by atoms with Crippen molar-refractivity contribution < 1.29 is 5.11 Å². The summed E-state index contributed by atoms with van der Waals surface area (Å²) in [6, 6.07) is 7.41. The van der Waals surface area contributed by atoms with Crippen molar-refractivity contribution in [3.63, 3.8) is 0 Å². The van der Waals surface area contributed by atoms with Crippen LogP contribution in [-0.2, 0) is 0 Å². The molecular formula is C14H18N4OS. The van der Waals surface area contributed by atoms with Gasteiger partial charge in [-0.1, -0.05) is 11.8 Å². The minimum Gasteiger partial charge on any atom is -0.508 e. The number of imidazole rings is 1. The predicted octanol–water partition coefficient (Wildman–Crippen LogP) is 1.77. The van der Waals surface area contributed by atoms with E-state index in [0.717, 1.165) is 37.0 Å².